The molecule has 2 aromatic carbocycles. The monoisotopic (exact) mass is 393 g/mol. The number of imidazole rings is 1. The summed E-state index contributed by atoms with van der Waals surface area (Å²) in [7, 11) is 0. The molecule has 6 heteroatoms. The number of fused-ring (bicyclic) bond motifs is 1. The minimum absolute atomic E-state index is 0.0336. The fraction of sp³-hybridized carbons (Fsp3) is 0.143. The third kappa shape index (κ3) is 4.23. The van der Waals surface area contributed by atoms with E-state index < -0.39 is 0 Å². The first-order valence-electron chi connectivity index (χ1n) is 8.72. The van der Waals surface area contributed by atoms with Gasteiger partial charge in [0.1, 0.15) is 6.33 Å². The van der Waals surface area contributed by atoms with Gasteiger partial charge in [-0.3, -0.25) is 9.36 Å². The zero-order valence-corrected chi connectivity index (χ0v) is 16.3. The van der Waals surface area contributed by atoms with Gasteiger partial charge in [-0.05, 0) is 47.8 Å². The number of benzene rings is 2. The number of rotatable bonds is 7. The smallest absolute Gasteiger partial charge is 0.251 e. The SMILES string of the molecule is O=C(NCCSCc1cccs1)c1ccc(-n2cnc3ccccc32)cc1. The van der Waals surface area contributed by atoms with Gasteiger partial charge in [0.25, 0.3) is 5.91 Å². The fourth-order valence-corrected chi connectivity index (χ4v) is 4.54. The van der Waals surface area contributed by atoms with E-state index in [9.17, 15) is 4.79 Å². The van der Waals surface area contributed by atoms with E-state index in [-0.39, 0.29) is 5.91 Å². The minimum atomic E-state index is -0.0336. The normalized spacial score (nSPS) is 11.0. The molecule has 4 aromatic rings. The largest absolute Gasteiger partial charge is 0.351 e. The number of hydrogen-bond acceptors (Lipinski definition) is 4. The summed E-state index contributed by atoms with van der Waals surface area (Å²) < 4.78 is 2.03. The van der Waals surface area contributed by atoms with Crippen molar-refractivity contribution >= 4 is 40.0 Å². The first-order valence-corrected chi connectivity index (χ1v) is 10.8. The summed E-state index contributed by atoms with van der Waals surface area (Å²) in [4.78, 5) is 18.1. The van der Waals surface area contributed by atoms with Crippen LogP contribution in [0.5, 0.6) is 0 Å². The Morgan fingerprint density at radius 1 is 1.07 bits per heavy atom. The molecule has 0 radical (unpaired) electrons. The molecular weight excluding hydrogens is 374 g/mol. The van der Waals surface area contributed by atoms with Gasteiger partial charge in [0.2, 0.25) is 0 Å². The molecule has 2 aromatic heterocycles. The number of carbonyl (C=O) groups is 1. The van der Waals surface area contributed by atoms with Crippen LogP contribution in [-0.4, -0.2) is 27.8 Å². The Labute approximate surface area is 166 Å². The third-order valence-corrected chi connectivity index (χ3v) is 6.28. The van der Waals surface area contributed by atoms with Crippen LogP contribution >= 0.6 is 23.1 Å². The maximum Gasteiger partial charge on any atom is 0.251 e. The fourth-order valence-electron chi connectivity index (χ4n) is 2.84. The summed E-state index contributed by atoms with van der Waals surface area (Å²) in [6, 6.07) is 19.8. The van der Waals surface area contributed by atoms with Gasteiger partial charge in [-0.1, -0.05) is 18.2 Å². The highest BCUT2D eigenvalue weighted by atomic mass is 32.2. The highest BCUT2D eigenvalue weighted by Crippen LogP contribution is 2.19. The summed E-state index contributed by atoms with van der Waals surface area (Å²) in [5, 5.41) is 5.08. The van der Waals surface area contributed by atoms with Gasteiger partial charge in [-0.2, -0.15) is 11.8 Å². The maximum absolute atomic E-state index is 12.3. The van der Waals surface area contributed by atoms with Crippen LogP contribution in [0.15, 0.2) is 72.4 Å². The number of aromatic nitrogens is 2. The van der Waals surface area contributed by atoms with E-state index in [2.05, 4.69) is 27.8 Å². The molecule has 0 saturated carbocycles. The van der Waals surface area contributed by atoms with Crippen LogP contribution in [0.3, 0.4) is 0 Å². The third-order valence-electron chi connectivity index (χ3n) is 4.22. The molecule has 0 saturated heterocycles. The summed E-state index contributed by atoms with van der Waals surface area (Å²) in [5.74, 6) is 1.87. The molecule has 1 N–H and O–H groups in total. The van der Waals surface area contributed by atoms with E-state index in [1.54, 1.807) is 11.3 Å². The predicted octanol–water partition coefficient (Wildman–Crippen LogP) is 4.75. The molecule has 4 rings (SSSR count). The molecule has 0 aliphatic heterocycles. The van der Waals surface area contributed by atoms with E-state index in [4.69, 9.17) is 0 Å². The standard InChI is InChI=1S/C21H19N3OS2/c25-21(22-11-13-26-14-18-4-3-12-27-18)16-7-9-17(10-8-16)24-15-23-19-5-1-2-6-20(19)24/h1-10,12,15H,11,13-14H2,(H,22,25). The summed E-state index contributed by atoms with van der Waals surface area (Å²) >= 11 is 3.61. The van der Waals surface area contributed by atoms with Crippen LogP contribution in [0.2, 0.25) is 0 Å². The second-order valence-electron chi connectivity index (χ2n) is 6.04. The van der Waals surface area contributed by atoms with Crippen LogP contribution in [0.4, 0.5) is 0 Å². The molecule has 27 heavy (non-hydrogen) atoms. The summed E-state index contributed by atoms with van der Waals surface area (Å²) in [5.41, 5.74) is 3.68. The molecule has 0 aliphatic carbocycles. The maximum atomic E-state index is 12.3. The van der Waals surface area contributed by atoms with Crippen LogP contribution in [0, 0.1) is 0 Å². The average Bonchev–Trinajstić information content (AvgIpc) is 3.37. The first kappa shape index (κ1) is 17.8. The van der Waals surface area contributed by atoms with Crippen LogP contribution < -0.4 is 5.32 Å². The lowest BCUT2D eigenvalue weighted by Gasteiger charge is -2.07. The summed E-state index contributed by atoms with van der Waals surface area (Å²) in [6.07, 6.45) is 1.81. The van der Waals surface area contributed by atoms with Crippen molar-refractivity contribution in [3.05, 3.63) is 82.8 Å². The molecule has 2 heterocycles. The number of hydrogen-bond donors (Lipinski definition) is 1. The minimum Gasteiger partial charge on any atom is -0.351 e. The molecule has 136 valence electrons. The van der Waals surface area contributed by atoms with Crippen molar-refractivity contribution in [2.75, 3.05) is 12.3 Å². The van der Waals surface area contributed by atoms with Crippen molar-refractivity contribution in [1.29, 1.82) is 0 Å². The lowest BCUT2D eigenvalue weighted by Crippen LogP contribution is -2.25. The average molecular weight is 394 g/mol. The number of nitrogens with one attached hydrogen (secondary N) is 1. The number of thioether (sulfide) groups is 1. The molecule has 1 amide bonds. The Kier molecular flexibility index (Phi) is 5.55. The van der Waals surface area contributed by atoms with Gasteiger partial charge in [0.05, 0.1) is 11.0 Å². The Morgan fingerprint density at radius 2 is 1.93 bits per heavy atom. The van der Waals surface area contributed by atoms with Gasteiger partial charge >= 0.3 is 0 Å². The molecule has 0 bridgehead atoms. The van der Waals surface area contributed by atoms with E-state index in [1.807, 2.05) is 71.2 Å². The van der Waals surface area contributed by atoms with E-state index in [0.717, 1.165) is 28.2 Å². The highest BCUT2D eigenvalue weighted by molar-refractivity contribution is 7.98. The number of amides is 1. The molecule has 0 unspecified atom stereocenters. The number of thiophene rings is 1. The topological polar surface area (TPSA) is 46.9 Å². The molecule has 0 atom stereocenters. The second-order valence-corrected chi connectivity index (χ2v) is 8.18. The molecule has 0 spiro atoms. The second kappa shape index (κ2) is 8.41. The van der Waals surface area contributed by atoms with Crippen molar-refractivity contribution in [1.82, 2.24) is 14.9 Å². The zero-order valence-electron chi connectivity index (χ0n) is 14.7. The number of carbonyl (C=O) groups excluding carboxylic acids is 1. The Morgan fingerprint density at radius 3 is 2.74 bits per heavy atom. The Hall–Kier alpha value is -2.57. The predicted molar refractivity (Wildman–Crippen MR) is 114 cm³/mol. The van der Waals surface area contributed by atoms with E-state index in [1.165, 1.54) is 4.88 Å². The van der Waals surface area contributed by atoms with Gasteiger partial charge < -0.3 is 5.32 Å². The van der Waals surface area contributed by atoms with Crippen molar-refractivity contribution in [2.45, 2.75) is 5.75 Å². The quantitative estimate of drug-likeness (QED) is 0.461. The van der Waals surface area contributed by atoms with Gasteiger partial charge in [-0.25, -0.2) is 4.98 Å². The molecular formula is C21H19N3OS2. The van der Waals surface area contributed by atoms with Crippen LogP contribution in [0.1, 0.15) is 15.2 Å². The molecule has 0 aliphatic rings. The van der Waals surface area contributed by atoms with Crippen molar-refractivity contribution < 1.29 is 4.79 Å². The van der Waals surface area contributed by atoms with Crippen molar-refractivity contribution in [3.8, 4) is 5.69 Å². The van der Waals surface area contributed by atoms with Crippen LogP contribution in [-0.2, 0) is 5.75 Å². The van der Waals surface area contributed by atoms with Crippen LogP contribution in [0.25, 0.3) is 16.7 Å². The molecule has 0 fully saturated rings. The number of para-hydroxylation sites is 2. The van der Waals surface area contributed by atoms with Crippen molar-refractivity contribution in [2.24, 2.45) is 0 Å². The van der Waals surface area contributed by atoms with E-state index in [0.29, 0.717) is 12.1 Å². The Balaban J connectivity index is 1.32. The Bertz CT molecular complexity index is 1020. The highest BCUT2D eigenvalue weighted by Gasteiger charge is 2.07. The van der Waals surface area contributed by atoms with Gasteiger partial charge in [-0.15, -0.1) is 11.3 Å². The summed E-state index contributed by atoms with van der Waals surface area (Å²) in [6.45, 7) is 0.669. The lowest BCUT2D eigenvalue weighted by atomic mass is 10.2. The first-order chi connectivity index (χ1) is 13.3. The zero-order chi connectivity index (χ0) is 18.5. The molecule has 4 nitrogen and oxygen atoms in total. The van der Waals surface area contributed by atoms with Crippen molar-refractivity contribution in [3.63, 3.8) is 0 Å². The van der Waals surface area contributed by atoms with Gasteiger partial charge in [0, 0.05) is 34.2 Å². The number of nitrogens with zero attached hydrogens (tertiary/aromatic N) is 2. The van der Waals surface area contributed by atoms with Gasteiger partial charge in [0.15, 0.2) is 0 Å². The van der Waals surface area contributed by atoms with E-state index >= 15 is 0 Å². The lowest BCUT2D eigenvalue weighted by molar-refractivity contribution is 0.0956.